The minimum atomic E-state index is 0.0118. The molecule has 0 radical (unpaired) electrons. The molecule has 0 heterocycles. The average molecular weight is 232 g/mol. The van der Waals surface area contributed by atoms with Crippen molar-refractivity contribution >= 4 is 5.91 Å². The van der Waals surface area contributed by atoms with E-state index in [1.807, 2.05) is 19.1 Å². The molecule has 3 heteroatoms. The number of rotatable bonds is 3. The summed E-state index contributed by atoms with van der Waals surface area (Å²) < 4.78 is 0. The normalized spacial score (nSPS) is 20.5. The number of carbonyl (C=O) groups excluding carboxylic acids is 1. The van der Waals surface area contributed by atoms with Crippen LogP contribution in [0.25, 0.3) is 0 Å². The molecule has 17 heavy (non-hydrogen) atoms. The van der Waals surface area contributed by atoms with Gasteiger partial charge < -0.3 is 11.1 Å². The third kappa shape index (κ3) is 2.86. The van der Waals surface area contributed by atoms with Crippen molar-refractivity contribution in [1.82, 2.24) is 5.32 Å². The molecule has 3 N–H and O–H groups in total. The Labute approximate surface area is 102 Å². The van der Waals surface area contributed by atoms with E-state index in [9.17, 15) is 4.79 Å². The molecule has 1 aliphatic rings. The van der Waals surface area contributed by atoms with Crippen LogP contribution in [0.4, 0.5) is 0 Å². The van der Waals surface area contributed by atoms with Gasteiger partial charge in [-0.2, -0.15) is 0 Å². The van der Waals surface area contributed by atoms with Gasteiger partial charge in [-0.1, -0.05) is 24.3 Å². The first-order valence-corrected chi connectivity index (χ1v) is 6.29. The van der Waals surface area contributed by atoms with Gasteiger partial charge in [0.15, 0.2) is 0 Å². The van der Waals surface area contributed by atoms with E-state index >= 15 is 0 Å². The zero-order chi connectivity index (χ0) is 12.3. The first-order chi connectivity index (χ1) is 8.18. The molecule has 92 valence electrons. The van der Waals surface area contributed by atoms with Crippen LogP contribution in [0.15, 0.2) is 24.3 Å². The minimum Gasteiger partial charge on any atom is -0.354 e. The van der Waals surface area contributed by atoms with Crippen molar-refractivity contribution < 1.29 is 4.79 Å². The summed E-state index contributed by atoms with van der Waals surface area (Å²) in [5.74, 6) is 0.133. The van der Waals surface area contributed by atoms with Gasteiger partial charge in [0.25, 0.3) is 0 Å². The maximum atomic E-state index is 12.1. The van der Waals surface area contributed by atoms with Crippen LogP contribution in [0.3, 0.4) is 0 Å². The molecule has 1 aromatic rings. The van der Waals surface area contributed by atoms with Crippen molar-refractivity contribution in [2.24, 2.45) is 5.73 Å². The largest absolute Gasteiger partial charge is 0.354 e. The number of hydrogen-bond acceptors (Lipinski definition) is 2. The zero-order valence-electron chi connectivity index (χ0n) is 10.3. The minimum absolute atomic E-state index is 0.0118. The topological polar surface area (TPSA) is 55.1 Å². The second kappa shape index (κ2) is 5.32. The lowest BCUT2D eigenvalue weighted by Crippen LogP contribution is -2.38. The standard InChI is InChI=1S/C14H20N2O/c1-10(15)9-16-14(17)13-8-4-6-11-5-2-3-7-12(11)13/h2-3,5,7,10,13H,4,6,8-9,15H2,1H3,(H,16,17). The second-order valence-electron chi connectivity index (χ2n) is 4.87. The molecule has 1 aromatic carbocycles. The van der Waals surface area contributed by atoms with Gasteiger partial charge in [-0.25, -0.2) is 0 Å². The predicted molar refractivity (Wildman–Crippen MR) is 68.8 cm³/mol. The fourth-order valence-electron chi connectivity index (χ4n) is 2.41. The molecular formula is C14H20N2O. The lowest BCUT2D eigenvalue weighted by atomic mass is 9.82. The van der Waals surface area contributed by atoms with Crippen LogP contribution in [0.1, 0.15) is 36.8 Å². The highest BCUT2D eigenvalue weighted by molar-refractivity contribution is 5.84. The lowest BCUT2D eigenvalue weighted by molar-refractivity contribution is -0.122. The first kappa shape index (κ1) is 12.1. The maximum absolute atomic E-state index is 12.1. The van der Waals surface area contributed by atoms with Crippen LogP contribution in [0, 0.1) is 0 Å². The smallest absolute Gasteiger partial charge is 0.227 e. The Kier molecular flexibility index (Phi) is 3.79. The summed E-state index contributed by atoms with van der Waals surface area (Å²) >= 11 is 0. The summed E-state index contributed by atoms with van der Waals surface area (Å²) in [6, 6.07) is 8.26. The first-order valence-electron chi connectivity index (χ1n) is 6.29. The molecule has 1 aliphatic carbocycles. The fourth-order valence-corrected chi connectivity index (χ4v) is 2.41. The average Bonchev–Trinajstić information content (AvgIpc) is 2.35. The van der Waals surface area contributed by atoms with Crippen LogP contribution in [-0.2, 0) is 11.2 Å². The molecule has 0 saturated carbocycles. The molecule has 2 unspecified atom stereocenters. The summed E-state index contributed by atoms with van der Waals surface area (Å²) in [5, 5.41) is 2.93. The molecule has 0 spiro atoms. The Morgan fingerprint density at radius 2 is 2.29 bits per heavy atom. The monoisotopic (exact) mass is 232 g/mol. The number of nitrogens with one attached hydrogen (secondary N) is 1. The van der Waals surface area contributed by atoms with Gasteiger partial charge in [-0.15, -0.1) is 0 Å². The summed E-state index contributed by atoms with van der Waals surface area (Å²) in [5.41, 5.74) is 8.16. The van der Waals surface area contributed by atoms with Gasteiger partial charge in [-0.3, -0.25) is 4.79 Å². The molecule has 2 atom stereocenters. The van der Waals surface area contributed by atoms with Crippen molar-refractivity contribution in [3.05, 3.63) is 35.4 Å². The van der Waals surface area contributed by atoms with Crippen LogP contribution >= 0.6 is 0 Å². The number of carbonyl (C=O) groups is 1. The Morgan fingerprint density at radius 1 is 1.53 bits per heavy atom. The fraction of sp³-hybridized carbons (Fsp3) is 0.500. The van der Waals surface area contributed by atoms with E-state index in [4.69, 9.17) is 5.73 Å². The Balaban J connectivity index is 2.10. The molecule has 3 nitrogen and oxygen atoms in total. The van der Waals surface area contributed by atoms with E-state index < -0.39 is 0 Å². The highest BCUT2D eigenvalue weighted by Gasteiger charge is 2.25. The summed E-state index contributed by atoms with van der Waals surface area (Å²) in [7, 11) is 0. The Bertz CT molecular complexity index is 401. The molecule has 0 fully saturated rings. The van der Waals surface area contributed by atoms with Crippen molar-refractivity contribution in [1.29, 1.82) is 0 Å². The van der Waals surface area contributed by atoms with E-state index in [-0.39, 0.29) is 17.9 Å². The van der Waals surface area contributed by atoms with E-state index in [1.54, 1.807) is 0 Å². The number of fused-ring (bicyclic) bond motifs is 1. The van der Waals surface area contributed by atoms with E-state index in [2.05, 4.69) is 17.4 Å². The lowest BCUT2D eigenvalue weighted by Gasteiger charge is -2.24. The Hall–Kier alpha value is -1.35. The quantitative estimate of drug-likeness (QED) is 0.831. The van der Waals surface area contributed by atoms with Crippen molar-refractivity contribution in [3.8, 4) is 0 Å². The number of benzene rings is 1. The van der Waals surface area contributed by atoms with Gasteiger partial charge in [0.05, 0.1) is 5.92 Å². The molecule has 0 aromatic heterocycles. The number of amides is 1. The molecule has 2 rings (SSSR count). The summed E-state index contributed by atoms with van der Waals surface area (Å²) in [4.78, 5) is 12.1. The van der Waals surface area contributed by atoms with Gasteiger partial charge in [0, 0.05) is 12.6 Å². The van der Waals surface area contributed by atoms with Crippen molar-refractivity contribution in [2.75, 3.05) is 6.54 Å². The van der Waals surface area contributed by atoms with Crippen molar-refractivity contribution in [2.45, 2.75) is 38.1 Å². The number of nitrogens with two attached hydrogens (primary N) is 1. The predicted octanol–water partition coefficient (Wildman–Crippen LogP) is 1.57. The highest BCUT2D eigenvalue weighted by atomic mass is 16.1. The molecule has 0 saturated heterocycles. The molecular weight excluding hydrogens is 212 g/mol. The maximum Gasteiger partial charge on any atom is 0.227 e. The third-order valence-electron chi connectivity index (χ3n) is 3.28. The molecule has 0 bridgehead atoms. The van der Waals surface area contributed by atoms with Crippen LogP contribution in [-0.4, -0.2) is 18.5 Å². The van der Waals surface area contributed by atoms with Gasteiger partial charge in [-0.05, 0) is 37.3 Å². The van der Waals surface area contributed by atoms with Gasteiger partial charge >= 0.3 is 0 Å². The van der Waals surface area contributed by atoms with E-state index in [1.165, 1.54) is 11.1 Å². The Morgan fingerprint density at radius 3 is 3.06 bits per heavy atom. The van der Waals surface area contributed by atoms with Gasteiger partial charge in [0.2, 0.25) is 5.91 Å². The third-order valence-corrected chi connectivity index (χ3v) is 3.28. The molecule has 1 amide bonds. The van der Waals surface area contributed by atoms with Crippen LogP contribution in [0.2, 0.25) is 0 Å². The number of aryl methyl sites for hydroxylation is 1. The van der Waals surface area contributed by atoms with E-state index in [0.717, 1.165) is 19.3 Å². The SMILES string of the molecule is CC(N)CNC(=O)C1CCCc2ccccc21. The van der Waals surface area contributed by atoms with Crippen LogP contribution in [0.5, 0.6) is 0 Å². The van der Waals surface area contributed by atoms with Crippen LogP contribution < -0.4 is 11.1 Å². The van der Waals surface area contributed by atoms with Gasteiger partial charge in [0.1, 0.15) is 0 Å². The zero-order valence-corrected chi connectivity index (χ0v) is 10.3. The molecule has 0 aliphatic heterocycles. The van der Waals surface area contributed by atoms with E-state index in [0.29, 0.717) is 6.54 Å². The number of hydrogen-bond donors (Lipinski definition) is 2. The van der Waals surface area contributed by atoms with Crippen molar-refractivity contribution in [3.63, 3.8) is 0 Å². The second-order valence-corrected chi connectivity index (χ2v) is 4.87. The summed E-state index contributed by atoms with van der Waals surface area (Å²) in [6.07, 6.45) is 3.13. The highest BCUT2D eigenvalue weighted by Crippen LogP contribution is 2.31. The summed E-state index contributed by atoms with van der Waals surface area (Å²) in [6.45, 7) is 2.45.